The van der Waals surface area contributed by atoms with Crippen molar-refractivity contribution < 1.29 is 24.2 Å². The first-order valence-electron chi connectivity index (χ1n) is 12.6. The van der Waals surface area contributed by atoms with E-state index in [1.54, 1.807) is 31.4 Å². The molecule has 7 nitrogen and oxygen atoms in total. The Morgan fingerprint density at radius 3 is 2.34 bits per heavy atom. The summed E-state index contributed by atoms with van der Waals surface area (Å²) >= 11 is 0. The molecule has 1 saturated heterocycles. The lowest BCUT2D eigenvalue weighted by atomic mass is 9.95. The molecule has 0 unspecified atom stereocenters. The topological polar surface area (TPSA) is 79.3 Å². The van der Waals surface area contributed by atoms with Gasteiger partial charge in [-0.15, -0.1) is 0 Å². The van der Waals surface area contributed by atoms with Crippen LogP contribution in [0.5, 0.6) is 5.75 Å². The number of carbonyl (C=O) groups excluding carboxylic acids is 2. The molecule has 0 aliphatic carbocycles. The Balaban J connectivity index is 1.64. The molecule has 1 fully saturated rings. The lowest BCUT2D eigenvalue weighted by Crippen LogP contribution is -2.31. The van der Waals surface area contributed by atoms with Gasteiger partial charge in [-0.2, -0.15) is 0 Å². The second kappa shape index (κ2) is 12.0. The number of aryl methyl sites for hydroxylation is 1. The number of methoxy groups -OCH3 is 1. The minimum Gasteiger partial charge on any atom is -0.507 e. The Morgan fingerprint density at radius 2 is 1.71 bits per heavy atom. The van der Waals surface area contributed by atoms with E-state index in [1.807, 2.05) is 68.4 Å². The van der Waals surface area contributed by atoms with Crippen molar-refractivity contribution in [2.24, 2.45) is 0 Å². The molecule has 1 amide bonds. The van der Waals surface area contributed by atoms with Gasteiger partial charge in [0.05, 0.1) is 11.6 Å². The Morgan fingerprint density at radius 1 is 1.00 bits per heavy atom. The number of nitrogens with zero attached hydrogens (tertiary/aromatic N) is 2. The lowest BCUT2D eigenvalue weighted by molar-refractivity contribution is -0.140. The predicted molar refractivity (Wildman–Crippen MR) is 148 cm³/mol. The minimum absolute atomic E-state index is 0.0819. The summed E-state index contributed by atoms with van der Waals surface area (Å²) in [6.07, 6.45) is 0.572. The van der Waals surface area contributed by atoms with Gasteiger partial charge in [0.2, 0.25) is 0 Å². The zero-order valence-corrected chi connectivity index (χ0v) is 22.3. The van der Waals surface area contributed by atoms with Crippen LogP contribution >= 0.6 is 0 Å². The van der Waals surface area contributed by atoms with E-state index in [0.29, 0.717) is 37.5 Å². The van der Waals surface area contributed by atoms with E-state index in [4.69, 9.17) is 9.47 Å². The van der Waals surface area contributed by atoms with Gasteiger partial charge < -0.3 is 24.4 Å². The number of Topliss-reactive ketones (excluding diaryl/α,β-unsaturated/α-hetero) is 1. The third-order valence-electron chi connectivity index (χ3n) is 6.63. The quantitative estimate of drug-likeness (QED) is 0.176. The zero-order valence-electron chi connectivity index (χ0n) is 22.3. The number of aliphatic hydroxyl groups is 1. The molecule has 3 aromatic carbocycles. The number of carbonyl (C=O) groups is 2. The Bertz CT molecular complexity index is 1310. The summed E-state index contributed by atoms with van der Waals surface area (Å²) in [7, 11) is 5.49. The van der Waals surface area contributed by atoms with Gasteiger partial charge in [-0.1, -0.05) is 42.0 Å². The maximum absolute atomic E-state index is 13.2. The van der Waals surface area contributed by atoms with Gasteiger partial charge in [0.25, 0.3) is 11.7 Å². The van der Waals surface area contributed by atoms with Crippen molar-refractivity contribution in [1.29, 1.82) is 0 Å². The fraction of sp³-hybridized carbons (Fsp3) is 0.290. The first-order valence-corrected chi connectivity index (χ1v) is 12.6. The maximum Gasteiger partial charge on any atom is 0.295 e. The van der Waals surface area contributed by atoms with Crippen LogP contribution in [0.1, 0.15) is 34.7 Å². The number of aliphatic hydroxyl groups excluding tert-OH is 1. The third kappa shape index (κ3) is 5.89. The van der Waals surface area contributed by atoms with Crippen molar-refractivity contribution in [3.05, 3.63) is 101 Å². The number of ketones is 1. The zero-order chi connectivity index (χ0) is 27.2. The van der Waals surface area contributed by atoms with Gasteiger partial charge in [-0.3, -0.25) is 9.59 Å². The van der Waals surface area contributed by atoms with Crippen molar-refractivity contribution >= 4 is 23.1 Å². The van der Waals surface area contributed by atoms with Crippen molar-refractivity contribution in [2.75, 3.05) is 39.3 Å². The maximum atomic E-state index is 13.2. The monoisotopic (exact) mass is 514 g/mol. The Labute approximate surface area is 223 Å². The highest BCUT2D eigenvalue weighted by Crippen LogP contribution is 2.40. The number of hydrogen-bond acceptors (Lipinski definition) is 6. The van der Waals surface area contributed by atoms with Gasteiger partial charge in [0.15, 0.2) is 0 Å². The second-order valence-electron chi connectivity index (χ2n) is 9.63. The average Bonchev–Trinajstić information content (AvgIpc) is 3.17. The van der Waals surface area contributed by atoms with Crippen molar-refractivity contribution in [3.63, 3.8) is 0 Å². The fourth-order valence-corrected chi connectivity index (χ4v) is 4.62. The lowest BCUT2D eigenvalue weighted by Gasteiger charge is -2.26. The SMILES string of the molecule is COCCCN1C(=O)C(=O)C(=C(O)c2ccc(OCc3cccc(C)c3)cc2)[C@@H]1c1ccc(N(C)C)cc1. The smallest absolute Gasteiger partial charge is 0.295 e. The predicted octanol–water partition coefficient (Wildman–Crippen LogP) is 5.10. The molecule has 1 aliphatic rings. The number of hydrogen-bond donors (Lipinski definition) is 1. The van der Waals surface area contributed by atoms with Crippen LogP contribution in [0.15, 0.2) is 78.4 Å². The number of rotatable bonds is 10. The highest BCUT2D eigenvalue weighted by atomic mass is 16.5. The van der Waals surface area contributed by atoms with Crippen molar-refractivity contribution in [2.45, 2.75) is 26.0 Å². The van der Waals surface area contributed by atoms with Gasteiger partial charge in [-0.05, 0) is 60.9 Å². The molecule has 0 spiro atoms. The van der Waals surface area contributed by atoms with Crippen LogP contribution in [0, 0.1) is 6.92 Å². The summed E-state index contributed by atoms with van der Waals surface area (Å²) in [5, 5.41) is 11.3. The van der Waals surface area contributed by atoms with E-state index in [0.717, 1.165) is 22.4 Å². The molecule has 0 saturated carbocycles. The number of ether oxygens (including phenoxy) is 2. The van der Waals surface area contributed by atoms with E-state index in [1.165, 1.54) is 4.90 Å². The summed E-state index contributed by atoms with van der Waals surface area (Å²) in [6.45, 7) is 3.25. The van der Waals surface area contributed by atoms with Crippen LogP contribution in [0.25, 0.3) is 5.76 Å². The van der Waals surface area contributed by atoms with Crippen LogP contribution < -0.4 is 9.64 Å². The van der Waals surface area contributed by atoms with E-state index in [9.17, 15) is 14.7 Å². The molecule has 38 heavy (non-hydrogen) atoms. The van der Waals surface area contributed by atoms with E-state index < -0.39 is 17.7 Å². The first kappa shape index (κ1) is 26.9. The summed E-state index contributed by atoms with van der Waals surface area (Å²) < 4.78 is 11.0. The molecule has 198 valence electrons. The molecule has 4 rings (SSSR count). The summed E-state index contributed by atoms with van der Waals surface area (Å²) in [5.74, 6) is -0.882. The van der Waals surface area contributed by atoms with Gasteiger partial charge in [0.1, 0.15) is 18.1 Å². The van der Waals surface area contributed by atoms with Crippen LogP contribution in [0.4, 0.5) is 5.69 Å². The number of likely N-dealkylation sites (tertiary alicyclic amines) is 1. The highest BCUT2D eigenvalue weighted by molar-refractivity contribution is 6.46. The molecule has 7 heteroatoms. The molecule has 1 N–H and O–H groups in total. The second-order valence-corrected chi connectivity index (χ2v) is 9.63. The molecule has 0 aromatic heterocycles. The Hall–Kier alpha value is -4.10. The van der Waals surface area contributed by atoms with Gasteiger partial charge >= 0.3 is 0 Å². The fourth-order valence-electron chi connectivity index (χ4n) is 4.62. The van der Waals surface area contributed by atoms with Crippen LogP contribution in [-0.4, -0.2) is 56.1 Å². The number of benzene rings is 3. The van der Waals surface area contributed by atoms with Gasteiger partial charge in [0, 0.05) is 45.6 Å². The van der Waals surface area contributed by atoms with E-state index >= 15 is 0 Å². The standard InChI is InChI=1S/C31H34N2O5/c1-21-7-5-8-22(19-21)20-38-26-15-11-24(12-16-26)29(34)27-28(23-9-13-25(14-10-23)32(2)3)33(17-6-18-37-4)31(36)30(27)35/h5,7-16,19,28,34H,6,17-18,20H2,1-4H3/t28-/m0/s1. The normalized spacial score (nSPS) is 16.6. The number of anilines is 1. The van der Waals surface area contributed by atoms with Crippen LogP contribution in [-0.2, 0) is 20.9 Å². The molecule has 3 aromatic rings. The highest BCUT2D eigenvalue weighted by Gasteiger charge is 2.45. The molecule has 1 atom stereocenters. The summed E-state index contributed by atoms with van der Waals surface area (Å²) in [6, 6.07) is 22.0. The third-order valence-corrected chi connectivity index (χ3v) is 6.63. The summed E-state index contributed by atoms with van der Waals surface area (Å²) in [4.78, 5) is 29.8. The molecular formula is C31H34N2O5. The molecule has 0 bridgehead atoms. The average molecular weight is 515 g/mol. The van der Waals surface area contributed by atoms with Crippen LogP contribution in [0.3, 0.4) is 0 Å². The molecule has 0 radical (unpaired) electrons. The summed E-state index contributed by atoms with van der Waals surface area (Å²) in [5.41, 5.74) is 4.50. The van der Waals surface area contributed by atoms with Crippen LogP contribution in [0.2, 0.25) is 0 Å². The minimum atomic E-state index is -0.694. The van der Waals surface area contributed by atoms with Crippen molar-refractivity contribution in [3.8, 4) is 5.75 Å². The molecule has 1 heterocycles. The van der Waals surface area contributed by atoms with E-state index in [2.05, 4.69) is 6.07 Å². The van der Waals surface area contributed by atoms with Gasteiger partial charge in [-0.25, -0.2) is 0 Å². The van der Waals surface area contributed by atoms with Crippen molar-refractivity contribution in [1.82, 2.24) is 4.90 Å². The Kier molecular flexibility index (Phi) is 8.48. The first-order chi connectivity index (χ1) is 18.3. The van der Waals surface area contributed by atoms with E-state index in [-0.39, 0.29) is 11.3 Å². The largest absolute Gasteiger partial charge is 0.507 e. The molecular weight excluding hydrogens is 480 g/mol. The number of amides is 1. The molecule has 1 aliphatic heterocycles.